The third-order valence-electron chi connectivity index (χ3n) is 5.10. The number of nitrogens with zero attached hydrogens (tertiary/aromatic N) is 3. The normalized spacial score (nSPS) is 18.8. The third-order valence-corrected chi connectivity index (χ3v) is 5.10. The SMILES string of the molecule is CN(CC1CCN(Cc2ccccc2)C1)CC(O)c1ccc(C#N)cc1. The summed E-state index contributed by atoms with van der Waals surface area (Å²) in [4.78, 5) is 4.74. The first-order chi connectivity index (χ1) is 12.6. The van der Waals surface area contributed by atoms with Crippen molar-refractivity contribution in [2.75, 3.05) is 33.2 Å². The van der Waals surface area contributed by atoms with Gasteiger partial charge in [0.25, 0.3) is 0 Å². The monoisotopic (exact) mass is 349 g/mol. The van der Waals surface area contributed by atoms with Crippen LogP contribution in [-0.2, 0) is 6.54 Å². The molecule has 1 aliphatic heterocycles. The first kappa shape index (κ1) is 18.6. The topological polar surface area (TPSA) is 50.5 Å². The maximum atomic E-state index is 10.4. The van der Waals surface area contributed by atoms with Crippen molar-refractivity contribution in [2.24, 2.45) is 5.92 Å². The summed E-state index contributed by atoms with van der Waals surface area (Å²) >= 11 is 0. The minimum atomic E-state index is -0.519. The van der Waals surface area contributed by atoms with Crippen molar-refractivity contribution in [1.29, 1.82) is 5.26 Å². The summed E-state index contributed by atoms with van der Waals surface area (Å²) in [5.41, 5.74) is 2.87. The lowest BCUT2D eigenvalue weighted by molar-refractivity contribution is 0.118. The molecule has 1 N–H and O–H groups in total. The van der Waals surface area contributed by atoms with Crippen LogP contribution in [0.1, 0.15) is 29.2 Å². The smallest absolute Gasteiger partial charge is 0.0991 e. The highest BCUT2D eigenvalue weighted by Crippen LogP contribution is 2.21. The Hall–Kier alpha value is -2.19. The van der Waals surface area contributed by atoms with Crippen molar-refractivity contribution >= 4 is 0 Å². The molecule has 1 fully saturated rings. The van der Waals surface area contributed by atoms with Crippen LogP contribution >= 0.6 is 0 Å². The van der Waals surface area contributed by atoms with Gasteiger partial charge in [-0.25, -0.2) is 0 Å². The number of rotatable bonds is 7. The van der Waals surface area contributed by atoms with Crippen molar-refractivity contribution < 1.29 is 5.11 Å². The second kappa shape index (κ2) is 8.95. The van der Waals surface area contributed by atoms with Crippen LogP contribution in [0.3, 0.4) is 0 Å². The summed E-state index contributed by atoms with van der Waals surface area (Å²) in [5.74, 6) is 0.650. The van der Waals surface area contributed by atoms with E-state index in [1.807, 2.05) is 12.1 Å². The van der Waals surface area contributed by atoms with E-state index < -0.39 is 6.10 Å². The number of likely N-dealkylation sites (N-methyl/N-ethyl adjacent to an activating group) is 1. The van der Waals surface area contributed by atoms with E-state index in [2.05, 4.69) is 53.2 Å². The maximum absolute atomic E-state index is 10.4. The third kappa shape index (κ3) is 5.15. The fourth-order valence-electron chi connectivity index (χ4n) is 3.74. The Morgan fingerprint density at radius 1 is 1.19 bits per heavy atom. The fourth-order valence-corrected chi connectivity index (χ4v) is 3.74. The number of aliphatic hydroxyl groups is 1. The fraction of sp³-hybridized carbons (Fsp3) is 0.409. The van der Waals surface area contributed by atoms with Gasteiger partial charge in [0, 0.05) is 26.2 Å². The van der Waals surface area contributed by atoms with Crippen molar-refractivity contribution in [3.05, 3.63) is 71.3 Å². The molecule has 2 unspecified atom stereocenters. The first-order valence-corrected chi connectivity index (χ1v) is 9.27. The summed E-state index contributed by atoms with van der Waals surface area (Å²) < 4.78 is 0. The van der Waals surface area contributed by atoms with Crippen LogP contribution in [-0.4, -0.2) is 48.1 Å². The van der Waals surface area contributed by atoms with Crippen molar-refractivity contribution in [1.82, 2.24) is 9.80 Å². The van der Waals surface area contributed by atoms with E-state index >= 15 is 0 Å². The predicted octanol–water partition coefficient (Wildman–Crippen LogP) is 3.05. The molecule has 0 radical (unpaired) electrons. The number of hydrogen-bond donors (Lipinski definition) is 1. The van der Waals surface area contributed by atoms with E-state index in [4.69, 9.17) is 5.26 Å². The van der Waals surface area contributed by atoms with Gasteiger partial charge in [0.05, 0.1) is 17.7 Å². The zero-order chi connectivity index (χ0) is 18.4. The Labute approximate surface area is 156 Å². The number of aliphatic hydroxyl groups excluding tert-OH is 1. The van der Waals surface area contributed by atoms with Gasteiger partial charge >= 0.3 is 0 Å². The van der Waals surface area contributed by atoms with Gasteiger partial charge in [0.2, 0.25) is 0 Å². The van der Waals surface area contributed by atoms with E-state index in [9.17, 15) is 5.11 Å². The van der Waals surface area contributed by atoms with Crippen molar-refractivity contribution in [2.45, 2.75) is 19.1 Å². The molecule has 2 aromatic carbocycles. The van der Waals surface area contributed by atoms with Crippen LogP contribution in [0.25, 0.3) is 0 Å². The molecule has 0 saturated carbocycles. The lowest BCUT2D eigenvalue weighted by Crippen LogP contribution is -2.31. The van der Waals surface area contributed by atoms with Crippen LogP contribution in [0, 0.1) is 17.2 Å². The Kier molecular flexibility index (Phi) is 6.40. The van der Waals surface area contributed by atoms with Gasteiger partial charge < -0.3 is 10.0 Å². The molecule has 136 valence electrons. The molecule has 2 aromatic rings. The second-order valence-corrected chi connectivity index (χ2v) is 7.35. The van der Waals surface area contributed by atoms with E-state index in [0.29, 0.717) is 18.0 Å². The highest BCUT2D eigenvalue weighted by Gasteiger charge is 2.24. The molecule has 4 nitrogen and oxygen atoms in total. The minimum Gasteiger partial charge on any atom is -0.387 e. The molecule has 0 aliphatic carbocycles. The van der Waals surface area contributed by atoms with E-state index in [1.54, 1.807) is 12.1 Å². The molecule has 4 heteroatoms. The predicted molar refractivity (Wildman–Crippen MR) is 103 cm³/mol. The first-order valence-electron chi connectivity index (χ1n) is 9.27. The summed E-state index contributed by atoms with van der Waals surface area (Å²) in [6.45, 7) is 4.90. The van der Waals surface area contributed by atoms with Gasteiger partial charge in [0.1, 0.15) is 0 Å². The van der Waals surface area contributed by atoms with Gasteiger partial charge in [-0.15, -0.1) is 0 Å². The van der Waals surface area contributed by atoms with Crippen LogP contribution in [0.15, 0.2) is 54.6 Å². The standard InChI is InChI=1S/C22H27N3O/c1-24(17-22(26)21-9-7-18(13-23)8-10-21)14-20-11-12-25(16-20)15-19-5-3-2-4-6-19/h2-10,20,22,26H,11-12,14-17H2,1H3. The number of benzene rings is 2. The Morgan fingerprint density at radius 3 is 2.62 bits per heavy atom. The molecular weight excluding hydrogens is 322 g/mol. The molecule has 2 atom stereocenters. The van der Waals surface area contributed by atoms with Crippen LogP contribution in [0.5, 0.6) is 0 Å². The molecule has 0 aromatic heterocycles. The quantitative estimate of drug-likeness (QED) is 0.835. The zero-order valence-electron chi connectivity index (χ0n) is 15.4. The van der Waals surface area contributed by atoms with Gasteiger partial charge in [-0.3, -0.25) is 4.90 Å². The van der Waals surface area contributed by atoms with Crippen molar-refractivity contribution in [3.8, 4) is 6.07 Å². The molecule has 0 bridgehead atoms. The second-order valence-electron chi connectivity index (χ2n) is 7.35. The Balaban J connectivity index is 1.44. The maximum Gasteiger partial charge on any atom is 0.0991 e. The number of nitriles is 1. The highest BCUT2D eigenvalue weighted by molar-refractivity contribution is 5.32. The molecule has 3 rings (SSSR count). The highest BCUT2D eigenvalue weighted by atomic mass is 16.3. The average molecular weight is 349 g/mol. The summed E-state index contributed by atoms with van der Waals surface area (Å²) in [7, 11) is 2.08. The molecule has 1 saturated heterocycles. The summed E-state index contributed by atoms with van der Waals surface area (Å²) in [6.07, 6.45) is 0.694. The largest absolute Gasteiger partial charge is 0.387 e. The summed E-state index contributed by atoms with van der Waals surface area (Å²) in [5, 5.41) is 19.3. The average Bonchev–Trinajstić information content (AvgIpc) is 3.09. The molecule has 26 heavy (non-hydrogen) atoms. The Morgan fingerprint density at radius 2 is 1.92 bits per heavy atom. The molecule has 1 heterocycles. The van der Waals surface area contributed by atoms with Gasteiger partial charge in [-0.05, 0) is 49.2 Å². The summed E-state index contributed by atoms with van der Waals surface area (Å²) in [6, 6.07) is 19.9. The Bertz CT molecular complexity index is 723. The lowest BCUT2D eigenvalue weighted by Gasteiger charge is -2.24. The van der Waals surface area contributed by atoms with E-state index in [0.717, 1.165) is 31.7 Å². The van der Waals surface area contributed by atoms with Gasteiger partial charge in [-0.1, -0.05) is 42.5 Å². The number of likely N-dealkylation sites (tertiary alicyclic amines) is 1. The van der Waals surface area contributed by atoms with Crippen LogP contribution in [0.2, 0.25) is 0 Å². The molecule has 0 amide bonds. The number of hydrogen-bond acceptors (Lipinski definition) is 4. The lowest BCUT2D eigenvalue weighted by atomic mass is 10.1. The van der Waals surface area contributed by atoms with Crippen molar-refractivity contribution in [3.63, 3.8) is 0 Å². The molecule has 1 aliphatic rings. The zero-order valence-corrected chi connectivity index (χ0v) is 15.4. The van der Waals surface area contributed by atoms with Crippen LogP contribution in [0.4, 0.5) is 0 Å². The molecular formula is C22H27N3O. The van der Waals surface area contributed by atoms with E-state index in [-0.39, 0.29) is 0 Å². The van der Waals surface area contributed by atoms with E-state index in [1.165, 1.54) is 12.0 Å². The minimum absolute atomic E-state index is 0.519. The van der Waals surface area contributed by atoms with Crippen LogP contribution < -0.4 is 0 Å². The van der Waals surface area contributed by atoms with Gasteiger partial charge in [-0.2, -0.15) is 5.26 Å². The molecule has 0 spiro atoms. The van der Waals surface area contributed by atoms with Gasteiger partial charge in [0.15, 0.2) is 0 Å².